The molecular weight excluding hydrogens is 264 g/mol. The third kappa shape index (κ3) is 3.40. The van der Waals surface area contributed by atoms with Crippen LogP contribution in [0.25, 0.3) is 0 Å². The van der Waals surface area contributed by atoms with E-state index in [2.05, 4.69) is 0 Å². The molecule has 0 unspecified atom stereocenters. The molecule has 0 aromatic heterocycles. The highest BCUT2D eigenvalue weighted by Gasteiger charge is 2.17. The van der Waals surface area contributed by atoms with Gasteiger partial charge in [-0.25, -0.2) is 0 Å². The normalized spacial score (nSPS) is 9.81. The van der Waals surface area contributed by atoms with Crippen LogP contribution in [0, 0.1) is 6.92 Å². The SMILES string of the molecule is Cc1c(C[S+]=O)cc(C[S+]=O)cc1C[S+]=O. The van der Waals surface area contributed by atoms with Crippen molar-refractivity contribution in [3.05, 3.63) is 34.4 Å². The van der Waals surface area contributed by atoms with Gasteiger partial charge in [0.05, 0.1) is 0 Å². The summed E-state index contributed by atoms with van der Waals surface area (Å²) in [6.07, 6.45) is 0. The van der Waals surface area contributed by atoms with Crippen LogP contribution in [-0.2, 0) is 64.9 Å². The molecule has 16 heavy (non-hydrogen) atoms. The fourth-order valence-corrected chi connectivity index (χ4v) is 2.65. The van der Waals surface area contributed by atoms with Crippen molar-refractivity contribution in [3.63, 3.8) is 0 Å². The van der Waals surface area contributed by atoms with E-state index < -0.39 is 0 Å². The quantitative estimate of drug-likeness (QED) is 0.744. The largest absolute Gasteiger partial charge is 0.463 e. The van der Waals surface area contributed by atoms with Gasteiger partial charge < -0.3 is 0 Å². The molecule has 0 radical (unpaired) electrons. The highest BCUT2D eigenvalue weighted by atomic mass is 32.2. The molecule has 1 rings (SSSR count). The molecular formula is C10H11O3S3+3. The summed E-state index contributed by atoms with van der Waals surface area (Å²) >= 11 is 1.50. The molecule has 0 amide bonds. The van der Waals surface area contributed by atoms with Crippen molar-refractivity contribution in [3.8, 4) is 0 Å². The van der Waals surface area contributed by atoms with Crippen molar-refractivity contribution in [2.75, 3.05) is 0 Å². The smallest absolute Gasteiger partial charge is 0.0445 e. The van der Waals surface area contributed by atoms with Gasteiger partial charge in [-0.15, -0.1) is 0 Å². The van der Waals surface area contributed by atoms with E-state index in [4.69, 9.17) is 0 Å². The maximum atomic E-state index is 10.6. The van der Waals surface area contributed by atoms with Crippen molar-refractivity contribution >= 4 is 35.0 Å². The summed E-state index contributed by atoms with van der Waals surface area (Å²) in [6, 6.07) is 3.76. The molecule has 0 fully saturated rings. The lowest BCUT2D eigenvalue weighted by Gasteiger charge is -2.03. The molecule has 0 saturated heterocycles. The maximum Gasteiger partial charge on any atom is 0.463 e. The van der Waals surface area contributed by atoms with Crippen LogP contribution in [0.3, 0.4) is 0 Å². The average molecular weight is 275 g/mol. The minimum absolute atomic E-state index is 0.368. The van der Waals surface area contributed by atoms with Gasteiger partial charge >= 0.3 is 35.0 Å². The first-order chi connectivity index (χ1) is 7.72. The zero-order valence-electron chi connectivity index (χ0n) is 8.73. The van der Waals surface area contributed by atoms with E-state index in [1.54, 1.807) is 0 Å². The Balaban J connectivity index is 3.19. The van der Waals surface area contributed by atoms with Gasteiger partial charge in [0.2, 0.25) is 0 Å². The van der Waals surface area contributed by atoms with Crippen LogP contribution < -0.4 is 0 Å². The topological polar surface area (TPSA) is 51.2 Å². The number of benzene rings is 1. The summed E-state index contributed by atoms with van der Waals surface area (Å²) in [4.78, 5) is 0. The fourth-order valence-electron chi connectivity index (χ4n) is 1.49. The molecule has 0 atom stereocenters. The predicted octanol–water partition coefficient (Wildman–Crippen LogP) is 1.78. The Labute approximate surface area is 106 Å². The van der Waals surface area contributed by atoms with Gasteiger partial charge in [-0.1, -0.05) is 0 Å². The number of hydrogen-bond donors (Lipinski definition) is 0. The van der Waals surface area contributed by atoms with E-state index in [0.717, 1.165) is 22.3 Å². The van der Waals surface area contributed by atoms with Crippen molar-refractivity contribution in [1.82, 2.24) is 0 Å². The second kappa shape index (κ2) is 6.78. The Kier molecular flexibility index (Phi) is 5.65. The van der Waals surface area contributed by atoms with Crippen molar-refractivity contribution in [1.29, 1.82) is 0 Å². The summed E-state index contributed by atoms with van der Waals surface area (Å²) < 4.78 is 31.7. The Hall–Kier alpha value is -0.720. The fraction of sp³-hybridized carbons (Fsp3) is 0.400. The van der Waals surface area contributed by atoms with Crippen molar-refractivity contribution < 1.29 is 12.6 Å². The summed E-state index contributed by atoms with van der Waals surface area (Å²) in [5.74, 6) is 1.12. The molecule has 84 valence electrons. The lowest BCUT2D eigenvalue weighted by Crippen LogP contribution is -1.98. The molecule has 3 nitrogen and oxygen atoms in total. The first-order valence-electron chi connectivity index (χ1n) is 4.58. The van der Waals surface area contributed by atoms with Gasteiger partial charge in [0.15, 0.2) is 0 Å². The summed E-state index contributed by atoms with van der Waals surface area (Å²) in [7, 11) is 0. The standard InChI is InChI=1S/C10H11O3S3/c1-7-9(5-15-12)2-8(4-14-11)3-10(7)6-16-13/h2-3H,4-6H2,1H3/q+3. The zero-order chi connectivity index (χ0) is 12.0. The Morgan fingerprint density at radius 1 is 0.875 bits per heavy atom. The van der Waals surface area contributed by atoms with Gasteiger partial charge in [-0.05, 0) is 24.6 Å². The Bertz CT molecular complexity index is 387. The third-order valence-electron chi connectivity index (χ3n) is 2.34. The van der Waals surface area contributed by atoms with E-state index in [9.17, 15) is 12.6 Å². The third-order valence-corrected chi connectivity index (χ3v) is 3.65. The van der Waals surface area contributed by atoms with Crippen LogP contribution in [0.15, 0.2) is 12.1 Å². The molecule has 0 aliphatic carbocycles. The van der Waals surface area contributed by atoms with Crippen LogP contribution in [-0.4, -0.2) is 0 Å². The van der Waals surface area contributed by atoms with Gasteiger partial charge in [-0.2, -0.15) is 0 Å². The minimum atomic E-state index is 0.368. The van der Waals surface area contributed by atoms with Gasteiger partial charge in [0.25, 0.3) is 17.3 Å². The molecule has 1 aromatic rings. The van der Waals surface area contributed by atoms with Crippen LogP contribution in [0.5, 0.6) is 0 Å². The van der Waals surface area contributed by atoms with Gasteiger partial charge in [0.1, 0.15) is 0 Å². The molecule has 0 N–H and O–H groups in total. The maximum absolute atomic E-state index is 10.6. The summed E-state index contributed by atoms with van der Waals surface area (Å²) in [6.45, 7) is 1.91. The van der Waals surface area contributed by atoms with Crippen LogP contribution in [0.4, 0.5) is 0 Å². The lowest BCUT2D eigenvalue weighted by molar-refractivity contribution is 0.604. The van der Waals surface area contributed by atoms with Crippen LogP contribution >= 0.6 is 0 Å². The molecule has 0 heterocycles. The first kappa shape index (κ1) is 13.3. The van der Waals surface area contributed by atoms with E-state index in [1.807, 2.05) is 19.1 Å². The van der Waals surface area contributed by atoms with E-state index in [1.165, 1.54) is 0 Å². The second-order valence-corrected chi connectivity index (χ2v) is 4.90. The molecule has 1 aromatic carbocycles. The molecule has 0 saturated carbocycles. The highest BCUT2D eigenvalue weighted by Crippen LogP contribution is 2.18. The van der Waals surface area contributed by atoms with E-state index >= 15 is 0 Å². The minimum Gasteiger partial charge on any atom is -0.0445 e. The highest BCUT2D eigenvalue weighted by molar-refractivity contribution is 7.65. The monoisotopic (exact) mass is 275 g/mol. The molecule has 0 aliphatic rings. The zero-order valence-corrected chi connectivity index (χ0v) is 11.2. The lowest BCUT2D eigenvalue weighted by atomic mass is 10.0. The molecule has 0 spiro atoms. The Morgan fingerprint density at radius 2 is 1.31 bits per heavy atom. The molecule has 0 aliphatic heterocycles. The second-order valence-electron chi connectivity index (χ2n) is 3.33. The van der Waals surface area contributed by atoms with Gasteiger partial charge in [0, 0.05) is 29.3 Å². The molecule has 0 bridgehead atoms. The van der Waals surface area contributed by atoms with Crippen LogP contribution in [0.2, 0.25) is 0 Å². The Morgan fingerprint density at radius 3 is 1.69 bits per heavy atom. The summed E-state index contributed by atoms with van der Waals surface area (Å²) in [5, 5.41) is 0. The summed E-state index contributed by atoms with van der Waals surface area (Å²) in [5.41, 5.74) is 3.73. The van der Waals surface area contributed by atoms with E-state index in [0.29, 0.717) is 52.3 Å². The molecule has 6 heteroatoms. The van der Waals surface area contributed by atoms with Crippen molar-refractivity contribution in [2.45, 2.75) is 24.2 Å². The van der Waals surface area contributed by atoms with E-state index in [-0.39, 0.29) is 0 Å². The number of rotatable bonds is 6. The predicted molar refractivity (Wildman–Crippen MR) is 66.4 cm³/mol. The van der Waals surface area contributed by atoms with Gasteiger partial charge in [-0.3, -0.25) is 0 Å². The first-order valence-corrected chi connectivity index (χ1v) is 7.31. The van der Waals surface area contributed by atoms with Crippen LogP contribution in [0.1, 0.15) is 22.3 Å². The number of hydrogen-bond acceptors (Lipinski definition) is 3. The van der Waals surface area contributed by atoms with Crippen molar-refractivity contribution in [2.24, 2.45) is 0 Å². The average Bonchev–Trinajstić information content (AvgIpc) is 2.26.